The Balaban J connectivity index is 2.42. The van der Waals surface area contributed by atoms with E-state index in [1.807, 2.05) is 11.8 Å². The molecule has 1 amide bonds. The number of aliphatic hydroxyl groups is 2. The Labute approximate surface area is 103 Å². The van der Waals surface area contributed by atoms with Crippen LogP contribution in [0.4, 0.5) is 0 Å². The van der Waals surface area contributed by atoms with Crippen LogP contribution < -0.4 is 5.32 Å². The summed E-state index contributed by atoms with van der Waals surface area (Å²) in [6.45, 7) is 6.59. The molecule has 0 radical (unpaired) electrons. The summed E-state index contributed by atoms with van der Waals surface area (Å²) in [6, 6.07) is -0.131. The van der Waals surface area contributed by atoms with Crippen molar-refractivity contribution >= 4 is 5.91 Å². The molecular weight excluding hydrogens is 220 g/mol. The Morgan fingerprint density at radius 1 is 1.35 bits per heavy atom. The highest BCUT2D eigenvalue weighted by molar-refractivity contribution is 5.81. The van der Waals surface area contributed by atoms with Crippen molar-refractivity contribution in [2.45, 2.75) is 57.9 Å². The van der Waals surface area contributed by atoms with Gasteiger partial charge in [-0.25, -0.2) is 0 Å². The average molecular weight is 244 g/mol. The van der Waals surface area contributed by atoms with Gasteiger partial charge in [0.2, 0.25) is 5.91 Å². The predicted molar refractivity (Wildman–Crippen MR) is 65.6 cm³/mol. The van der Waals surface area contributed by atoms with Crippen molar-refractivity contribution in [2.75, 3.05) is 13.1 Å². The van der Waals surface area contributed by atoms with Gasteiger partial charge in [0.05, 0.1) is 18.2 Å². The second-order valence-electron chi connectivity index (χ2n) is 4.96. The topological polar surface area (TPSA) is 72.8 Å². The first kappa shape index (κ1) is 14.4. The smallest absolute Gasteiger partial charge is 0.237 e. The Morgan fingerprint density at radius 2 is 1.88 bits per heavy atom. The average Bonchev–Trinajstić information content (AvgIpc) is 2.58. The summed E-state index contributed by atoms with van der Waals surface area (Å²) in [7, 11) is 0. The second kappa shape index (κ2) is 6.33. The van der Waals surface area contributed by atoms with Crippen molar-refractivity contribution in [3.05, 3.63) is 0 Å². The van der Waals surface area contributed by atoms with Crippen molar-refractivity contribution < 1.29 is 15.0 Å². The maximum absolute atomic E-state index is 11.9. The Kier molecular flexibility index (Phi) is 5.36. The molecule has 1 heterocycles. The van der Waals surface area contributed by atoms with Gasteiger partial charge in [-0.1, -0.05) is 13.3 Å². The number of hydrogen-bond acceptors (Lipinski definition) is 4. The number of rotatable bonds is 5. The summed E-state index contributed by atoms with van der Waals surface area (Å²) in [4.78, 5) is 13.7. The third-order valence-electron chi connectivity index (χ3n) is 3.32. The molecule has 1 aliphatic heterocycles. The molecule has 17 heavy (non-hydrogen) atoms. The molecule has 0 spiro atoms. The highest BCUT2D eigenvalue weighted by Gasteiger charge is 2.34. The predicted octanol–water partition coefficient (Wildman–Crippen LogP) is -0.283. The maximum atomic E-state index is 11.9. The summed E-state index contributed by atoms with van der Waals surface area (Å²) in [6.07, 6.45) is 0.525. The van der Waals surface area contributed by atoms with Crippen molar-refractivity contribution in [2.24, 2.45) is 0 Å². The van der Waals surface area contributed by atoms with Crippen LogP contribution in [0.3, 0.4) is 0 Å². The lowest BCUT2D eigenvalue weighted by atomic mass is 10.2. The largest absolute Gasteiger partial charge is 0.389 e. The molecule has 0 aliphatic carbocycles. The first-order valence-electron chi connectivity index (χ1n) is 6.36. The van der Waals surface area contributed by atoms with Gasteiger partial charge in [-0.2, -0.15) is 0 Å². The van der Waals surface area contributed by atoms with Crippen LogP contribution in [-0.4, -0.2) is 58.4 Å². The van der Waals surface area contributed by atoms with Gasteiger partial charge in [0, 0.05) is 19.1 Å². The zero-order chi connectivity index (χ0) is 13.0. The molecule has 1 fully saturated rings. The molecular formula is C12H24N2O3. The standard InChI is InChI=1S/C12H24N2O3/c1-4-5-8(2)13-12(17)9(3)14-6-10(15)11(16)7-14/h8-11,15-16H,4-7H2,1-3H3,(H,13,17)/t8?,9?,10-,11+. The van der Waals surface area contributed by atoms with Gasteiger partial charge in [-0.3, -0.25) is 9.69 Å². The molecule has 1 saturated heterocycles. The lowest BCUT2D eigenvalue weighted by molar-refractivity contribution is -0.126. The van der Waals surface area contributed by atoms with Crippen LogP contribution in [0.1, 0.15) is 33.6 Å². The number of β-amino-alcohol motifs (C(OH)–C–C–N with tert-alkyl or cyclic N) is 2. The van der Waals surface area contributed by atoms with Gasteiger partial charge in [-0.05, 0) is 20.3 Å². The zero-order valence-electron chi connectivity index (χ0n) is 10.9. The lowest BCUT2D eigenvalue weighted by Gasteiger charge is -2.24. The molecule has 3 N–H and O–H groups in total. The van der Waals surface area contributed by atoms with Crippen LogP contribution in [0.5, 0.6) is 0 Å². The van der Waals surface area contributed by atoms with E-state index in [1.54, 1.807) is 6.92 Å². The summed E-state index contributed by atoms with van der Waals surface area (Å²) in [5.41, 5.74) is 0. The number of nitrogens with one attached hydrogen (secondary N) is 1. The van der Waals surface area contributed by atoms with E-state index < -0.39 is 12.2 Å². The molecule has 2 unspecified atom stereocenters. The summed E-state index contributed by atoms with van der Waals surface area (Å²) in [5, 5.41) is 21.8. The van der Waals surface area contributed by atoms with Gasteiger partial charge >= 0.3 is 0 Å². The first-order valence-corrected chi connectivity index (χ1v) is 6.36. The van der Waals surface area contributed by atoms with Gasteiger partial charge in [0.1, 0.15) is 0 Å². The molecule has 5 heteroatoms. The fourth-order valence-corrected chi connectivity index (χ4v) is 2.15. The number of carbonyl (C=O) groups is 1. The van der Waals surface area contributed by atoms with E-state index in [0.29, 0.717) is 13.1 Å². The lowest BCUT2D eigenvalue weighted by Crippen LogP contribution is -2.47. The molecule has 0 aromatic carbocycles. The highest BCUT2D eigenvalue weighted by atomic mass is 16.3. The van der Waals surface area contributed by atoms with Gasteiger partial charge in [-0.15, -0.1) is 0 Å². The normalized spacial score (nSPS) is 29.0. The van der Waals surface area contributed by atoms with Crippen molar-refractivity contribution in [1.82, 2.24) is 10.2 Å². The maximum Gasteiger partial charge on any atom is 0.237 e. The van der Waals surface area contributed by atoms with E-state index in [1.165, 1.54) is 0 Å². The van der Waals surface area contributed by atoms with Crippen LogP contribution in [0.2, 0.25) is 0 Å². The van der Waals surface area contributed by atoms with E-state index in [0.717, 1.165) is 12.8 Å². The molecule has 0 bridgehead atoms. The minimum absolute atomic E-state index is 0.0350. The van der Waals surface area contributed by atoms with Crippen LogP contribution >= 0.6 is 0 Å². The van der Waals surface area contributed by atoms with Gasteiger partial charge in [0.15, 0.2) is 0 Å². The molecule has 0 aromatic rings. The highest BCUT2D eigenvalue weighted by Crippen LogP contribution is 2.13. The van der Waals surface area contributed by atoms with Crippen molar-refractivity contribution in [3.8, 4) is 0 Å². The Morgan fingerprint density at radius 3 is 2.35 bits per heavy atom. The molecule has 1 rings (SSSR count). The third kappa shape index (κ3) is 3.94. The van der Waals surface area contributed by atoms with Crippen molar-refractivity contribution in [1.29, 1.82) is 0 Å². The molecule has 0 aromatic heterocycles. The summed E-state index contributed by atoms with van der Waals surface area (Å²) in [5.74, 6) is -0.0350. The van der Waals surface area contributed by atoms with E-state index in [2.05, 4.69) is 12.2 Å². The SMILES string of the molecule is CCCC(C)NC(=O)C(C)N1C[C@@H](O)[C@@H](O)C1. The first-order chi connectivity index (χ1) is 7.95. The van der Waals surface area contributed by atoms with Crippen LogP contribution in [-0.2, 0) is 4.79 Å². The number of aliphatic hydroxyl groups excluding tert-OH is 2. The second-order valence-corrected chi connectivity index (χ2v) is 4.96. The molecule has 0 saturated carbocycles. The minimum Gasteiger partial charge on any atom is -0.389 e. The number of amides is 1. The van der Waals surface area contributed by atoms with Gasteiger partial charge in [0.25, 0.3) is 0 Å². The van der Waals surface area contributed by atoms with E-state index >= 15 is 0 Å². The number of likely N-dealkylation sites (tertiary alicyclic amines) is 1. The minimum atomic E-state index is -0.738. The fraction of sp³-hybridized carbons (Fsp3) is 0.917. The zero-order valence-corrected chi connectivity index (χ0v) is 10.9. The Hall–Kier alpha value is -0.650. The summed E-state index contributed by atoms with van der Waals surface area (Å²) >= 11 is 0. The number of nitrogens with zero attached hydrogens (tertiary/aromatic N) is 1. The molecule has 1 aliphatic rings. The van der Waals surface area contributed by atoms with E-state index in [9.17, 15) is 15.0 Å². The number of carbonyl (C=O) groups excluding carboxylic acids is 1. The monoisotopic (exact) mass is 244 g/mol. The Bertz CT molecular complexity index is 250. The van der Waals surface area contributed by atoms with E-state index in [-0.39, 0.29) is 18.0 Å². The van der Waals surface area contributed by atoms with Crippen LogP contribution in [0, 0.1) is 0 Å². The molecule has 5 nitrogen and oxygen atoms in total. The fourth-order valence-electron chi connectivity index (χ4n) is 2.15. The summed E-state index contributed by atoms with van der Waals surface area (Å²) < 4.78 is 0. The van der Waals surface area contributed by atoms with Crippen molar-refractivity contribution in [3.63, 3.8) is 0 Å². The van der Waals surface area contributed by atoms with Crippen LogP contribution in [0.15, 0.2) is 0 Å². The number of hydrogen-bond donors (Lipinski definition) is 3. The van der Waals surface area contributed by atoms with E-state index in [4.69, 9.17) is 0 Å². The quantitative estimate of drug-likeness (QED) is 0.622. The molecule has 4 atom stereocenters. The third-order valence-corrected chi connectivity index (χ3v) is 3.32. The van der Waals surface area contributed by atoms with Crippen LogP contribution in [0.25, 0.3) is 0 Å². The molecule has 100 valence electrons. The van der Waals surface area contributed by atoms with Gasteiger partial charge < -0.3 is 15.5 Å².